The molecule has 3 heteroatoms. The van der Waals surface area contributed by atoms with Crippen molar-refractivity contribution in [3.63, 3.8) is 0 Å². The molecule has 1 amide bonds. The summed E-state index contributed by atoms with van der Waals surface area (Å²) >= 11 is 0. The second kappa shape index (κ2) is 3.88. The Morgan fingerprint density at radius 3 is 2.50 bits per heavy atom. The highest BCUT2D eigenvalue weighted by Gasteiger charge is 1.95. The maximum Gasteiger partial charge on any atom is 0.223 e. The molecule has 1 aromatic carbocycles. The summed E-state index contributed by atoms with van der Waals surface area (Å²) in [6.07, 6.45) is 0.611. The fourth-order valence-corrected chi connectivity index (χ4v) is 0.942. The molecule has 0 atom stereocenters. The zero-order valence-corrected chi connectivity index (χ0v) is 7.03. The molecule has 0 heterocycles. The summed E-state index contributed by atoms with van der Waals surface area (Å²) in [6, 6.07) is 7.90. The predicted molar refractivity (Wildman–Crippen MR) is 47.0 cm³/mol. The van der Waals surface area contributed by atoms with Crippen molar-refractivity contribution >= 4 is 6.41 Å². The Morgan fingerprint density at radius 1 is 1.42 bits per heavy atom. The molecule has 2 N–H and O–H groups in total. The number of hydrogen-bond acceptors (Lipinski definition) is 2. The number of hydrazine groups is 1. The first-order valence-corrected chi connectivity index (χ1v) is 3.74. The van der Waals surface area contributed by atoms with Crippen molar-refractivity contribution in [3.8, 4) is 0 Å². The minimum atomic E-state index is 0.462. The van der Waals surface area contributed by atoms with Crippen molar-refractivity contribution in [2.45, 2.75) is 13.5 Å². The van der Waals surface area contributed by atoms with Crippen LogP contribution in [0.15, 0.2) is 24.3 Å². The van der Waals surface area contributed by atoms with E-state index in [1.807, 2.05) is 31.2 Å². The van der Waals surface area contributed by atoms with Crippen molar-refractivity contribution in [1.82, 2.24) is 5.01 Å². The van der Waals surface area contributed by atoms with Gasteiger partial charge in [-0.25, -0.2) is 5.84 Å². The van der Waals surface area contributed by atoms with E-state index in [4.69, 9.17) is 5.84 Å². The van der Waals surface area contributed by atoms with E-state index in [2.05, 4.69) is 0 Å². The summed E-state index contributed by atoms with van der Waals surface area (Å²) < 4.78 is 0. The lowest BCUT2D eigenvalue weighted by Crippen LogP contribution is -2.28. The highest BCUT2D eigenvalue weighted by molar-refractivity contribution is 5.46. The first-order chi connectivity index (χ1) is 5.72. The minimum absolute atomic E-state index is 0.462. The standard InChI is InChI=1S/C9H12N2O/c1-8-2-4-9(5-3-8)6-11(10)7-12/h2-5,7H,6,10H2,1H3. The minimum Gasteiger partial charge on any atom is -0.279 e. The van der Waals surface area contributed by atoms with E-state index in [-0.39, 0.29) is 0 Å². The zero-order valence-electron chi connectivity index (χ0n) is 7.03. The van der Waals surface area contributed by atoms with Gasteiger partial charge in [-0.15, -0.1) is 0 Å². The molecule has 0 aliphatic heterocycles. The molecule has 12 heavy (non-hydrogen) atoms. The summed E-state index contributed by atoms with van der Waals surface area (Å²) in [6.45, 7) is 2.48. The molecule has 0 spiro atoms. The molecule has 0 radical (unpaired) electrons. The van der Waals surface area contributed by atoms with Crippen LogP contribution in [0.5, 0.6) is 0 Å². The first-order valence-electron chi connectivity index (χ1n) is 3.74. The summed E-state index contributed by atoms with van der Waals surface area (Å²) in [7, 11) is 0. The molecule has 0 saturated carbocycles. The van der Waals surface area contributed by atoms with E-state index in [1.54, 1.807) is 0 Å². The topological polar surface area (TPSA) is 46.3 Å². The van der Waals surface area contributed by atoms with E-state index in [9.17, 15) is 4.79 Å². The second-order valence-corrected chi connectivity index (χ2v) is 2.76. The van der Waals surface area contributed by atoms with E-state index < -0.39 is 0 Å². The number of hydrogen-bond donors (Lipinski definition) is 1. The van der Waals surface area contributed by atoms with Gasteiger partial charge in [0.1, 0.15) is 0 Å². The fourth-order valence-electron chi connectivity index (χ4n) is 0.942. The van der Waals surface area contributed by atoms with Crippen molar-refractivity contribution in [3.05, 3.63) is 35.4 Å². The van der Waals surface area contributed by atoms with Crippen LogP contribution in [0.2, 0.25) is 0 Å². The predicted octanol–water partition coefficient (Wildman–Crippen LogP) is 0.827. The van der Waals surface area contributed by atoms with Gasteiger partial charge < -0.3 is 0 Å². The molecule has 1 rings (SSSR count). The van der Waals surface area contributed by atoms with Crippen molar-refractivity contribution in [2.75, 3.05) is 0 Å². The molecule has 64 valence electrons. The molecule has 1 aromatic rings. The average molecular weight is 164 g/mol. The number of carbonyl (C=O) groups is 1. The lowest BCUT2D eigenvalue weighted by molar-refractivity contribution is -0.118. The molecule has 0 aromatic heterocycles. The van der Waals surface area contributed by atoms with Crippen LogP contribution in [0.4, 0.5) is 0 Å². The average Bonchev–Trinajstić information content (AvgIpc) is 2.09. The number of benzene rings is 1. The number of aryl methyl sites for hydroxylation is 1. The molecule has 0 bridgehead atoms. The Labute approximate surface area is 71.8 Å². The van der Waals surface area contributed by atoms with E-state index in [0.29, 0.717) is 13.0 Å². The normalized spacial score (nSPS) is 9.50. The maximum absolute atomic E-state index is 10.2. The third-order valence-electron chi connectivity index (χ3n) is 1.62. The molecule has 0 aliphatic rings. The van der Waals surface area contributed by atoms with Gasteiger partial charge in [-0.1, -0.05) is 29.8 Å². The van der Waals surface area contributed by atoms with Crippen LogP contribution in [-0.2, 0) is 11.3 Å². The number of carbonyl (C=O) groups excluding carboxylic acids is 1. The van der Waals surface area contributed by atoms with Gasteiger partial charge in [0.15, 0.2) is 0 Å². The van der Waals surface area contributed by atoms with Gasteiger partial charge in [-0.3, -0.25) is 9.80 Å². The first kappa shape index (κ1) is 8.74. The van der Waals surface area contributed by atoms with Crippen molar-refractivity contribution < 1.29 is 4.79 Å². The highest BCUT2D eigenvalue weighted by atomic mass is 16.1. The lowest BCUT2D eigenvalue weighted by Gasteiger charge is -2.09. The van der Waals surface area contributed by atoms with Crippen LogP contribution >= 0.6 is 0 Å². The van der Waals surface area contributed by atoms with Gasteiger partial charge in [0.05, 0.1) is 6.54 Å². The molecular formula is C9H12N2O. The van der Waals surface area contributed by atoms with Crippen LogP contribution in [-0.4, -0.2) is 11.4 Å². The molecule has 0 saturated heterocycles. The highest BCUT2D eigenvalue weighted by Crippen LogP contribution is 2.03. The SMILES string of the molecule is Cc1ccc(CN(N)C=O)cc1. The quantitative estimate of drug-likeness (QED) is 0.311. The summed E-state index contributed by atoms with van der Waals surface area (Å²) in [4.78, 5) is 10.2. The van der Waals surface area contributed by atoms with E-state index in [0.717, 1.165) is 10.6 Å². The monoisotopic (exact) mass is 164 g/mol. The Hall–Kier alpha value is -1.35. The molecular weight excluding hydrogens is 152 g/mol. The molecule has 0 aliphatic carbocycles. The number of nitrogens with two attached hydrogens (primary N) is 1. The fraction of sp³-hybridized carbons (Fsp3) is 0.222. The second-order valence-electron chi connectivity index (χ2n) is 2.76. The van der Waals surface area contributed by atoms with Gasteiger partial charge in [-0.2, -0.15) is 0 Å². The summed E-state index contributed by atoms with van der Waals surface area (Å²) in [5.74, 6) is 5.31. The van der Waals surface area contributed by atoms with Crippen LogP contribution < -0.4 is 5.84 Å². The van der Waals surface area contributed by atoms with Crippen molar-refractivity contribution in [1.29, 1.82) is 0 Å². The van der Waals surface area contributed by atoms with E-state index in [1.165, 1.54) is 5.56 Å². The Morgan fingerprint density at radius 2 is 2.00 bits per heavy atom. The number of nitrogens with zero attached hydrogens (tertiary/aromatic N) is 1. The van der Waals surface area contributed by atoms with Gasteiger partial charge in [0.25, 0.3) is 0 Å². The third-order valence-corrected chi connectivity index (χ3v) is 1.62. The van der Waals surface area contributed by atoms with E-state index >= 15 is 0 Å². The van der Waals surface area contributed by atoms with Crippen LogP contribution in [0.25, 0.3) is 0 Å². The summed E-state index contributed by atoms with van der Waals surface area (Å²) in [5, 5.41) is 1.12. The third kappa shape index (κ3) is 2.36. The molecule has 0 unspecified atom stereocenters. The van der Waals surface area contributed by atoms with Crippen LogP contribution in [0.3, 0.4) is 0 Å². The number of amides is 1. The summed E-state index contributed by atoms with van der Waals surface area (Å²) in [5.41, 5.74) is 2.24. The van der Waals surface area contributed by atoms with Gasteiger partial charge in [0, 0.05) is 0 Å². The van der Waals surface area contributed by atoms with Gasteiger partial charge in [-0.05, 0) is 12.5 Å². The number of rotatable bonds is 3. The van der Waals surface area contributed by atoms with Gasteiger partial charge >= 0.3 is 0 Å². The Bertz CT molecular complexity index is 256. The Kier molecular flexibility index (Phi) is 2.82. The maximum atomic E-state index is 10.2. The van der Waals surface area contributed by atoms with Gasteiger partial charge in [0.2, 0.25) is 6.41 Å². The Balaban J connectivity index is 2.64. The van der Waals surface area contributed by atoms with Crippen LogP contribution in [0, 0.1) is 6.92 Å². The smallest absolute Gasteiger partial charge is 0.223 e. The molecule has 0 fully saturated rings. The molecule has 3 nitrogen and oxygen atoms in total. The van der Waals surface area contributed by atoms with Crippen LogP contribution in [0.1, 0.15) is 11.1 Å². The lowest BCUT2D eigenvalue weighted by atomic mass is 10.1. The largest absolute Gasteiger partial charge is 0.279 e. The van der Waals surface area contributed by atoms with Crippen molar-refractivity contribution in [2.24, 2.45) is 5.84 Å². The zero-order chi connectivity index (χ0) is 8.97.